The number of carbonyl (C=O) groups excluding carboxylic acids is 2. The summed E-state index contributed by atoms with van der Waals surface area (Å²) in [4.78, 5) is 37.5. The molecule has 0 spiro atoms. The Morgan fingerprint density at radius 3 is 2.12 bits per heavy atom. The molecule has 2 aromatic rings. The molecule has 1 atom stereocenters. The number of rotatable bonds is 7. The minimum atomic E-state index is -1.00. The number of fused-ring (bicyclic) bond motifs is 3. The molecule has 0 heterocycles. The topological polar surface area (TPSA) is 95.9 Å². The first-order valence-electron chi connectivity index (χ1n) is 11.9. The largest absolute Gasteiger partial charge is 0.480 e. The number of carbonyl (C=O) groups is 3. The number of ether oxygens (including phenoxy) is 1. The molecule has 0 aromatic heterocycles. The van der Waals surface area contributed by atoms with Crippen LogP contribution in [0.15, 0.2) is 48.5 Å². The fourth-order valence-electron chi connectivity index (χ4n) is 5.14. The Kier molecular flexibility index (Phi) is 7.20. The lowest BCUT2D eigenvalue weighted by Crippen LogP contribution is -2.44. The van der Waals surface area contributed by atoms with Crippen molar-refractivity contribution in [2.24, 2.45) is 11.8 Å². The van der Waals surface area contributed by atoms with Crippen LogP contribution in [-0.2, 0) is 14.3 Å². The van der Waals surface area contributed by atoms with Crippen LogP contribution in [0.3, 0.4) is 0 Å². The Bertz CT molecular complexity index is 1010. The van der Waals surface area contributed by atoms with E-state index in [1.165, 1.54) is 34.1 Å². The fourth-order valence-corrected chi connectivity index (χ4v) is 5.14. The molecule has 1 fully saturated rings. The predicted octanol–water partition coefficient (Wildman–Crippen LogP) is 4.26. The van der Waals surface area contributed by atoms with Gasteiger partial charge in [-0.3, -0.25) is 4.79 Å². The van der Waals surface area contributed by atoms with Crippen LogP contribution in [0.25, 0.3) is 11.1 Å². The summed E-state index contributed by atoms with van der Waals surface area (Å²) in [7, 11) is 1.55. The standard InChI is InChI=1S/C27H32N2O5/c1-17(26(31)32)29(2)25(30)19-13-11-18(12-14-19)15-28-27(33)34-16-24-22-9-5-3-7-20(22)21-8-4-6-10-23(21)24/h3-10,17-19,24H,11-16H2,1-2H3,(H,28,33)(H,31,32). The van der Waals surface area contributed by atoms with E-state index in [-0.39, 0.29) is 30.3 Å². The number of alkyl carbamates (subject to hydrolysis) is 1. The van der Waals surface area contributed by atoms with E-state index in [0.29, 0.717) is 19.4 Å². The highest BCUT2D eigenvalue weighted by atomic mass is 16.5. The van der Waals surface area contributed by atoms with Crippen LogP contribution in [0.2, 0.25) is 0 Å². The number of nitrogens with one attached hydrogen (secondary N) is 1. The minimum Gasteiger partial charge on any atom is -0.480 e. The number of amides is 2. The average molecular weight is 465 g/mol. The van der Waals surface area contributed by atoms with E-state index in [0.717, 1.165) is 12.8 Å². The third-order valence-electron chi connectivity index (χ3n) is 7.36. The number of carboxylic acids is 1. The van der Waals surface area contributed by atoms with Gasteiger partial charge in [-0.25, -0.2) is 9.59 Å². The maximum Gasteiger partial charge on any atom is 0.407 e. The fraction of sp³-hybridized carbons (Fsp3) is 0.444. The van der Waals surface area contributed by atoms with Gasteiger partial charge in [-0.15, -0.1) is 0 Å². The van der Waals surface area contributed by atoms with Crippen LogP contribution in [0.4, 0.5) is 4.79 Å². The van der Waals surface area contributed by atoms with Gasteiger partial charge >= 0.3 is 12.1 Å². The molecule has 0 radical (unpaired) electrons. The van der Waals surface area contributed by atoms with Gasteiger partial charge in [0.25, 0.3) is 0 Å². The average Bonchev–Trinajstić information content (AvgIpc) is 3.18. The Morgan fingerprint density at radius 2 is 1.56 bits per heavy atom. The molecule has 180 valence electrons. The first kappa shape index (κ1) is 23.8. The molecule has 2 N–H and O–H groups in total. The number of aliphatic carboxylic acids is 1. The molecule has 4 rings (SSSR count). The quantitative estimate of drug-likeness (QED) is 0.638. The summed E-state index contributed by atoms with van der Waals surface area (Å²) in [5.41, 5.74) is 4.76. The highest BCUT2D eigenvalue weighted by molar-refractivity contribution is 5.84. The molecule has 1 saturated carbocycles. The molecule has 1 unspecified atom stereocenters. The van der Waals surface area contributed by atoms with Crippen molar-refractivity contribution in [3.05, 3.63) is 59.7 Å². The summed E-state index contributed by atoms with van der Waals surface area (Å²) < 4.78 is 5.60. The summed E-state index contributed by atoms with van der Waals surface area (Å²) in [6.07, 6.45) is 2.61. The molecule has 7 nitrogen and oxygen atoms in total. The highest BCUT2D eigenvalue weighted by Crippen LogP contribution is 2.44. The molecule has 0 saturated heterocycles. The van der Waals surface area contributed by atoms with Crippen LogP contribution in [-0.4, -0.2) is 54.2 Å². The Morgan fingerprint density at radius 1 is 1.00 bits per heavy atom. The summed E-state index contributed by atoms with van der Waals surface area (Å²) >= 11 is 0. The maximum absolute atomic E-state index is 12.6. The van der Waals surface area contributed by atoms with Gasteiger partial charge in [-0.05, 0) is 60.8 Å². The number of benzene rings is 2. The van der Waals surface area contributed by atoms with Crippen molar-refractivity contribution >= 4 is 18.0 Å². The van der Waals surface area contributed by atoms with Gasteiger partial charge < -0.3 is 20.1 Å². The Balaban J connectivity index is 1.23. The monoisotopic (exact) mass is 464 g/mol. The van der Waals surface area contributed by atoms with Crippen molar-refractivity contribution in [3.8, 4) is 11.1 Å². The number of hydrogen-bond donors (Lipinski definition) is 2. The van der Waals surface area contributed by atoms with E-state index in [1.807, 2.05) is 24.3 Å². The van der Waals surface area contributed by atoms with E-state index in [1.54, 1.807) is 7.05 Å². The van der Waals surface area contributed by atoms with Crippen LogP contribution in [0.5, 0.6) is 0 Å². The number of hydrogen-bond acceptors (Lipinski definition) is 4. The molecule has 7 heteroatoms. The van der Waals surface area contributed by atoms with E-state index < -0.39 is 18.1 Å². The van der Waals surface area contributed by atoms with Crippen LogP contribution in [0.1, 0.15) is 49.7 Å². The molecular formula is C27H32N2O5. The molecular weight excluding hydrogens is 432 g/mol. The minimum absolute atomic E-state index is 0.0322. The lowest BCUT2D eigenvalue weighted by atomic mass is 9.81. The van der Waals surface area contributed by atoms with E-state index in [9.17, 15) is 14.4 Å². The number of nitrogens with zero attached hydrogens (tertiary/aromatic N) is 1. The smallest absolute Gasteiger partial charge is 0.407 e. The van der Waals surface area contributed by atoms with Crippen molar-refractivity contribution in [2.45, 2.75) is 44.6 Å². The summed E-state index contributed by atoms with van der Waals surface area (Å²) in [5, 5.41) is 12.0. The van der Waals surface area contributed by atoms with Gasteiger partial charge in [0.2, 0.25) is 5.91 Å². The normalized spacial score (nSPS) is 20.1. The molecule has 2 aromatic carbocycles. The van der Waals surface area contributed by atoms with Crippen molar-refractivity contribution in [3.63, 3.8) is 0 Å². The van der Waals surface area contributed by atoms with Crippen LogP contribution >= 0.6 is 0 Å². The van der Waals surface area contributed by atoms with Crippen LogP contribution in [0, 0.1) is 11.8 Å². The molecule has 2 amide bonds. The number of likely N-dealkylation sites (N-methyl/N-ethyl adjacent to an activating group) is 1. The highest BCUT2D eigenvalue weighted by Gasteiger charge is 2.32. The van der Waals surface area contributed by atoms with Crippen molar-refractivity contribution in [1.29, 1.82) is 0 Å². The summed E-state index contributed by atoms with van der Waals surface area (Å²) in [5.74, 6) is -0.955. The van der Waals surface area contributed by atoms with E-state index in [2.05, 4.69) is 29.6 Å². The summed E-state index contributed by atoms with van der Waals surface area (Å²) in [6, 6.07) is 15.6. The second-order valence-corrected chi connectivity index (χ2v) is 9.39. The van der Waals surface area contributed by atoms with Crippen molar-refractivity contribution in [1.82, 2.24) is 10.2 Å². The molecule has 34 heavy (non-hydrogen) atoms. The zero-order chi connectivity index (χ0) is 24.2. The van der Waals surface area contributed by atoms with Crippen molar-refractivity contribution < 1.29 is 24.2 Å². The first-order valence-corrected chi connectivity index (χ1v) is 11.9. The van der Waals surface area contributed by atoms with Gasteiger partial charge in [0.1, 0.15) is 12.6 Å². The van der Waals surface area contributed by atoms with Gasteiger partial charge in [0.05, 0.1) is 0 Å². The molecule has 2 aliphatic carbocycles. The maximum atomic E-state index is 12.6. The van der Waals surface area contributed by atoms with Crippen LogP contribution < -0.4 is 5.32 Å². The van der Waals surface area contributed by atoms with Gasteiger partial charge in [-0.1, -0.05) is 48.5 Å². The first-order chi connectivity index (χ1) is 16.4. The Hall–Kier alpha value is -3.35. The number of carboxylic acid groups (broad SMARTS) is 1. The van der Waals surface area contributed by atoms with Gasteiger partial charge in [0, 0.05) is 25.4 Å². The SMILES string of the molecule is CC(C(=O)O)N(C)C(=O)C1CCC(CNC(=O)OCC2c3ccccc3-c3ccccc32)CC1. The van der Waals surface area contributed by atoms with Gasteiger partial charge in [0.15, 0.2) is 0 Å². The lowest BCUT2D eigenvalue weighted by Gasteiger charge is -2.32. The zero-order valence-corrected chi connectivity index (χ0v) is 19.7. The molecule has 2 aliphatic rings. The predicted molar refractivity (Wildman–Crippen MR) is 128 cm³/mol. The van der Waals surface area contributed by atoms with Gasteiger partial charge in [-0.2, -0.15) is 0 Å². The third kappa shape index (κ3) is 4.93. The zero-order valence-electron chi connectivity index (χ0n) is 19.7. The van der Waals surface area contributed by atoms with E-state index in [4.69, 9.17) is 9.84 Å². The summed E-state index contributed by atoms with van der Waals surface area (Å²) in [6.45, 7) is 2.32. The second kappa shape index (κ2) is 10.3. The third-order valence-corrected chi connectivity index (χ3v) is 7.36. The van der Waals surface area contributed by atoms with E-state index >= 15 is 0 Å². The Labute approximate surface area is 200 Å². The molecule has 0 aliphatic heterocycles. The lowest BCUT2D eigenvalue weighted by molar-refractivity contribution is -0.150. The second-order valence-electron chi connectivity index (χ2n) is 9.39. The van der Waals surface area contributed by atoms with Crippen molar-refractivity contribution in [2.75, 3.05) is 20.2 Å². The molecule has 0 bridgehead atoms.